The highest BCUT2D eigenvalue weighted by atomic mass is 19.4. The molecule has 1 aliphatic heterocycles. The van der Waals surface area contributed by atoms with Crippen LogP contribution in [0.15, 0.2) is 18.3 Å². The molecule has 2 amide bonds. The zero-order valence-corrected chi connectivity index (χ0v) is 18.6. The van der Waals surface area contributed by atoms with Crippen LogP contribution in [0.3, 0.4) is 0 Å². The van der Waals surface area contributed by atoms with Crippen molar-refractivity contribution >= 4 is 17.8 Å². The summed E-state index contributed by atoms with van der Waals surface area (Å²) < 4.78 is 46.2. The number of amides is 2. The zero-order valence-electron chi connectivity index (χ0n) is 18.6. The van der Waals surface area contributed by atoms with Crippen molar-refractivity contribution in [1.29, 1.82) is 0 Å². The molecule has 7 nitrogen and oxygen atoms in total. The molecule has 0 radical (unpaired) electrons. The quantitative estimate of drug-likeness (QED) is 0.735. The van der Waals surface area contributed by atoms with E-state index in [0.717, 1.165) is 25.3 Å². The van der Waals surface area contributed by atoms with Crippen LogP contribution in [0.5, 0.6) is 0 Å². The fraction of sp³-hybridized carbons (Fsp3) is 0.696. The lowest BCUT2D eigenvalue weighted by atomic mass is 9.48. The Balaban J connectivity index is 1.23. The number of halogens is 3. The normalized spacial score (nSPS) is 35.0. The molecule has 2 N–H and O–H groups in total. The Hall–Kier alpha value is -2.52. The average Bonchev–Trinajstić information content (AvgIpc) is 3.25. The number of likely N-dealkylation sites (tertiary alicyclic amines) is 1. The lowest BCUT2D eigenvalue weighted by molar-refractivity contribution is -0.161. The molecule has 5 aliphatic rings. The minimum Gasteiger partial charge on any atom is -0.446 e. The highest BCUT2D eigenvalue weighted by molar-refractivity contribution is 5.81. The third kappa shape index (κ3) is 3.81. The number of anilines is 1. The van der Waals surface area contributed by atoms with Gasteiger partial charge >= 0.3 is 12.3 Å². The van der Waals surface area contributed by atoms with Crippen LogP contribution in [0.1, 0.15) is 44.1 Å². The first-order valence-electron chi connectivity index (χ1n) is 11.6. The average molecular weight is 467 g/mol. The van der Waals surface area contributed by atoms with Gasteiger partial charge in [-0.2, -0.15) is 13.2 Å². The molecule has 6 rings (SSSR count). The molecule has 1 saturated heterocycles. The molecule has 4 saturated carbocycles. The van der Waals surface area contributed by atoms with Crippen LogP contribution in [0.4, 0.5) is 23.8 Å². The molecule has 0 spiro atoms. The van der Waals surface area contributed by atoms with Crippen LogP contribution in [0, 0.1) is 23.2 Å². The third-order valence-electron chi connectivity index (χ3n) is 8.34. The predicted molar refractivity (Wildman–Crippen MR) is 113 cm³/mol. The van der Waals surface area contributed by atoms with Gasteiger partial charge < -0.3 is 20.3 Å². The molecule has 0 aromatic carbocycles. The summed E-state index contributed by atoms with van der Waals surface area (Å²) in [5.74, 6) is 0.400. The van der Waals surface area contributed by atoms with Gasteiger partial charge in [-0.1, -0.05) is 0 Å². The Labute approximate surface area is 190 Å². The number of pyridine rings is 1. The van der Waals surface area contributed by atoms with Gasteiger partial charge in [-0.3, -0.25) is 4.79 Å². The van der Waals surface area contributed by atoms with Gasteiger partial charge in [0.25, 0.3) is 0 Å². The van der Waals surface area contributed by atoms with E-state index in [0.29, 0.717) is 31.7 Å². The van der Waals surface area contributed by atoms with E-state index in [4.69, 9.17) is 10.5 Å². The van der Waals surface area contributed by atoms with Crippen molar-refractivity contribution in [3.8, 4) is 0 Å². The highest BCUT2D eigenvalue weighted by Crippen LogP contribution is 2.60. The van der Waals surface area contributed by atoms with Crippen LogP contribution in [0.2, 0.25) is 0 Å². The standard InChI is InChI=1S/C23H29F3N4O3/c1-29(19-17(23(24,25)26)3-2-5-28-19)16-4-6-30(12-16)21(32)33-18-14-7-13-8-15(18)11-22(9-13,10-14)20(27)31/h2-3,5,13-16,18H,4,6-12H2,1H3,(H2,27,31). The van der Waals surface area contributed by atoms with Crippen LogP contribution in [0.25, 0.3) is 0 Å². The summed E-state index contributed by atoms with van der Waals surface area (Å²) in [6.07, 6.45) is 0.845. The highest BCUT2D eigenvalue weighted by Gasteiger charge is 2.59. The second-order valence-corrected chi connectivity index (χ2v) is 10.3. The number of hydrogen-bond donors (Lipinski definition) is 1. The van der Waals surface area contributed by atoms with Gasteiger partial charge in [0, 0.05) is 32.4 Å². The first kappa shape index (κ1) is 22.3. The van der Waals surface area contributed by atoms with Gasteiger partial charge in [-0.05, 0) is 68.4 Å². The van der Waals surface area contributed by atoms with Gasteiger partial charge in [0.05, 0.1) is 11.0 Å². The molecule has 1 aromatic heterocycles. The number of nitrogens with two attached hydrogens (primary N) is 1. The Morgan fingerprint density at radius 2 is 1.94 bits per heavy atom. The van der Waals surface area contributed by atoms with Crippen molar-refractivity contribution in [1.82, 2.24) is 9.88 Å². The van der Waals surface area contributed by atoms with Gasteiger partial charge in [-0.15, -0.1) is 0 Å². The van der Waals surface area contributed by atoms with Crippen molar-refractivity contribution < 1.29 is 27.5 Å². The molecular formula is C23H29F3N4O3. The lowest BCUT2D eigenvalue weighted by Crippen LogP contribution is -2.59. The summed E-state index contributed by atoms with van der Waals surface area (Å²) in [5.41, 5.74) is 4.50. The van der Waals surface area contributed by atoms with Gasteiger partial charge in [-0.25, -0.2) is 9.78 Å². The van der Waals surface area contributed by atoms with Crippen LogP contribution in [-0.2, 0) is 15.7 Å². The summed E-state index contributed by atoms with van der Waals surface area (Å²) in [7, 11) is 1.58. The molecule has 5 fully saturated rings. The molecule has 1 aromatic rings. The number of rotatable bonds is 4. The second kappa shape index (κ2) is 7.77. The van der Waals surface area contributed by atoms with Gasteiger partial charge in [0.15, 0.2) is 0 Å². The third-order valence-corrected chi connectivity index (χ3v) is 8.34. The van der Waals surface area contributed by atoms with Crippen LogP contribution in [-0.4, -0.2) is 54.2 Å². The first-order valence-corrected chi connectivity index (χ1v) is 11.6. The Kier molecular flexibility index (Phi) is 5.25. The lowest BCUT2D eigenvalue weighted by Gasteiger charge is -2.58. The molecule has 10 heteroatoms. The number of alkyl halides is 3. The summed E-state index contributed by atoms with van der Waals surface area (Å²) in [6, 6.07) is 2.00. The van der Waals surface area contributed by atoms with Crippen molar-refractivity contribution in [3.63, 3.8) is 0 Å². The van der Waals surface area contributed by atoms with E-state index in [1.165, 1.54) is 17.2 Å². The summed E-state index contributed by atoms with van der Waals surface area (Å²) in [6.45, 7) is 0.692. The number of carbonyl (C=O) groups is 2. The Morgan fingerprint density at radius 3 is 2.58 bits per heavy atom. The minimum atomic E-state index is -4.50. The number of carbonyl (C=O) groups excluding carboxylic acids is 2. The molecule has 4 bridgehead atoms. The summed E-state index contributed by atoms with van der Waals surface area (Å²) in [4.78, 5) is 32.1. The van der Waals surface area contributed by atoms with E-state index in [1.54, 1.807) is 11.9 Å². The molecule has 2 heterocycles. The second-order valence-electron chi connectivity index (χ2n) is 10.3. The smallest absolute Gasteiger partial charge is 0.419 e. The predicted octanol–water partition coefficient (Wildman–Crippen LogP) is 3.43. The largest absolute Gasteiger partial charge is 0.446 e. The van der Waals surface area contributed by atoms with E-state index in [9.17, 15) is 22.8 Å². The van der Waals surface area contributed by atoms with Crippen molar-refractivity contribution in [2.45, 2.75) is 56.8 Å². The fourth-order valence-corrected chi connectivity index (χ4v) is 6.96. The van der Waals surface area contributed by atoms with Crippen molar-refractivity contribution in [2.75, 3.05) is 25.0 Å². The number of nitrogens with zero attached hydrogens (tertiary/aromatic N) is 3. The molecule has 4 aliphatic carbocycles. The van der Waals surface area contributed by atoms with Gasteiger partial charge in [0.2, 0.25) is 5.91 Å². The first-order chi connectivity index (χ1) is 15.6. The topological polar surface area (TPSA) is 88.8 Å². The molecule has 33 heavy (non-hydrogen) atoms. The van der Waals surface area contributed by atoms with E-state index in [-0.39, 0.29) is 42.3 Å². The minimum absolute atomic E-state index is 0.136. The maximum Gasteiger partial charge on any atom is 0.419 e. The Morgan fingerprint density at radius 1 is 1.24 bits per heavy atom. The maximum atomic E-state index is 13.4. The van der Waals surface area contributed by atoms with Crippen molar-refractivity contribution in [2.24, 2.45) is 28.9 Å². The van der Waals surface area contributed by atoms with E-state index < -0.39 is 23.2 Å². The maximum absolute atomic E-state index is 13.4. The molecule has 3 atom stereocenters. The summed E-state index contributed by atoms with van der Waals surface area (Å²) in [5, 5.41) is 0. The van der Waals surface area contributed by atoms with Crippen molar-refractivity contribution in [3.05, 3.63) is 23.9 Å². The monoisotopic (exact) mass is 466 g/mol. The zero-order chi connectivity index (χ0) is 23.5. The SMILES string of the molecule is CN(c1ncccc1C(F)(F)F)C1CCN(C(=O)OC2C3CC4CC2CC(C(N)=O)(C4)C3)C1. The fourth-order valence-electron chi connectivity index (χ4n) is 6.96. The van der Waals surface area contributed by atoms with Gasteiger partial charge in [0.1, 0.15) is 11.9 Å². The van der Waals surface area contributed by atoms with Crippen LogP contribution < -0.4 is 10.6 Å². The molecule has 180 valence electrons. The number of hydrogen-bond acceptors (Lipinski definition) is 5. The number of ether oxygens (including phenoxy) is 1. The number of primary amides is 1. The molecule has 3 unspecified atom stereocenters. The van der Waals surface area contributed by atoms with E-state index in [2.05, 4.69) is 4.98 Å². The Bertz CT molecular complexity index is 939. The number of aromatic nitrogens is 1. The van der Waals surface area contributed by atoms with E-state index in [1.807, 2.05) is 0 Å². The van der Waals surface area contributed by atoms with Crippen LogP contribution >= 0.6 is 0 Å². The van der Waals surface area contributed by atoms with E-state index >= 15 is 0 Å². The molecular weight excluding hydrogens is 437 g/mol. The number of likely N-dealkylation sites (N-methyl/N-ethyl adjacent to an activating group) is 1. The summed E-state index contributed by atoms with van der Waals surface area (Å²) >= 11 is 0.